The lowest BCUT2D eigenvalue weighted by molar-refractivity contribution is -0.122. The molecular weight excluding hydrogens is 354 g/mol. The summed E-state index contributed by atoms with van der Waals surface area (Å²) in [5.74, 6) is 0.497. The van der Waals surface area contributed by atoms with Crippen molar-refractivity contribution in [3.05, 3.63) is 71.2 Å². The average Bonchev–Trinajstić information content (AvgIpc) is 2.54. The first-order valence-electron chi connectivity index (χ1n) is 7.34. The van der Waals surface area contributed by atoms with E-state index < -0.39 is 6.10 Å². The van der Waals surface area contributed by atoms with Gasteiger partial charge in [0.05, 0.1) is 0 Å². The molecular formula is C19H16BrNO2. The lowest BCUT2D eigenvalue weighted by Crippen LogP contribution is -2.30. The third-order valence-corrected chi connectivity index (χ3v) is 3.99. The first-order chi connectivity index (χ1) is 11.1. The zero-order valence-electron chi connectivity index (χ0n) is 12.6. The Hall–Kier alpha value is -2.33. The van der Waals surface area contributed by atoms with Crippen LogP contribution in [0.2, 0.25) is 0 Å². The lowest BCUT2D eigenvalue weighted by Gasteiger charge is -2.15. The van der Waals surface area contributed by atoms with Crippen molar-refractivity contribution in [2.45, 2.75) is 13.0 Å². The van der Waals surface area contributed by atoms with Crippen LogP contribution in [0.1, 0.15) is 6.92 Å². The van der Waals surface area contributed by atoms with Crippen LogP contribution < -0.4 is 10.1 Å². The number of benzene rings is 3. The Morgan fingerprint density at radius 1 is 1.00 bits per heavy atom. The average molecular weight is 370 g/mol. The van der Waals surface area contributed by atoms with Gasteiger partial charge in [0.25, 0.3) is 5.91 Å². The summed E-state index contributed by atoms with van der Waals surface area (Å²) in [6, 6.07) is 21.3. The van der Waals surface area contributed by atoms with Crippen molar-refractivity contribution >= 4 is 38.3 Å². The summed E-state index contributed by atoms with van der Waals surface area (Å²) in [5.41, 5.74) is 0.735. The van der Waals surface area contributed by atoms with Crippen molar-refractivity contribution in [1.29, 1.82) is 0 Å². The minimum absolute atomic E-state index is 0.184. The van der Waals surface area contributed by atoms with Crippen molar-refractivity contribution in [2.24, 2.45) is 0 Å². The predicted octanol–water partition coefficient (Wildman–Crippen LogP) is 5.01. The second-order valence-corrected chi connectivity index (χ2v) is 6.18. The van der Waals surface area contributed by atoms with Crippen LogP contribution in [0.25, 0.3) is 10.8 Å². The first-order valence-corrected chi connectivity index (χ1v) is 8.13. The Labute approximate surface area is 143 Å². The molecule has 4 heteroatoms. The Balaban J connectivity index is 1.69. The normalized spacial score (nSPS) is 11.9. The molecule has 0 heterocycles. The number of ether oxygens (including phenoxy) is 1. The maximum atomic E-state index is 12.2. The van der Waals surface area contributed by atoms with Gasteiger partial charge in [0, 0.05) is 10.2 Å². The SMILES string of the molecule is C[C@@H](Oc1ccc2ccccc2c1)C(=O)Nc1cccc(Br)c1. The van der Waals surface area contributed by atoms with Crippen LogP contribution in [0.5, 0.6) is 5.75 Å². The number of carbonyl (C=O) groups is 1. The van der Waals surface area contributed by atoms with Gasteiger partial charge in [-0.25, -0.2) is 0 Å². The first kappa shape index (κ1) is 15.6. The zero-order valence-corrected chi connectivity index (χ0v) is 14.2. The summed E-state index contributed by atoms with van der Waals surface area (Å²) in [5, 5.41) is 5.08. The molecule has 3 rings (SSSR count). The monoisotopic (exact) mass is 369 g/mol. The molecule has 3 aromatic carbocycles. The molecule has 3 nitrogen and oxygen atoms in total. The van der Waals surface area contributed by atoms with Crippen LogP contribution in [0.15, 0.2) is 71.2 Å². The van der Waals surface area contributed by atoms with Crippen LogP contribution in [0, 0.1) is 0 Å². The van der Waals surface area contributed by atoms with E-state index in [4.69, 9.17) is 4.74 Å². The van der Waals surface area contributed by atoms with Gasteiger partial charge in [0.1, 0.15) is 5.75 Å². The largest absolute Gasteiger partial charge is 0.481 e. The van der Waals surface area contributed by atoms with Crippen LogP contribution in [-0.4, -0.2) is 12.0 Å². The van der Waals surface area contributed by atoms with E-state index in [-0.39, 0.29) is 5.91 Å². The maximum Gasteiger partial charge on any atom is 0.265 e. The Morgan fingerprint density at radius 3 is 2.57 bits per heavy atom. The molecule has 116 valence electrons. The van der Waals surface area contributed by atoms with E-state index in [2.05, 4.69) is 21.2 Å². The highest BCUT2D eigenvalue weighted by Gasteiger charge is 2.15. The van der Waals surface area contributed by atoms with Gasteiger partial charge in [-0.3, -0.25) is 4.79 Å². The van der Waals surface area contributed by atoms with E-state index in [0.29, 0.717) is 5.75 Å². The fourth-order valence-corrected chi connectivity index (χ4v) is 2.71. The smallest absolute Gasteiger partial charge is 0.265 e. The van der Waals surface area contributed by atoms with Gasteiger partial charge in [-0.1, -0.05) is 52.3 Å². The van der Waals surface area contributed by atoms with E-state index >= 15 is 0 Å². The summed E-state index contributed by atoms with van der Waals surface area (Å²) < 4.78 is 6.68. The highest BCUT2D eigenvalue weighted by molar-refractivity contribution is 9.10. The third kappa shape index (κ3) is 3.90. The van der Waals surface area contributed by atoms with Crippen LogP contribution in [0.3, 0.4) is 0 Å². The molecule has 0 radical (unpaired) electrons. The number of carbonyl (C=O) groups excluding carboxylic acids is 1. The third-order valence-electron chi connectivity index (χ3n) is 3.50. The quantitative estimate of drug-likeness (QED) is 0.701. The minimum Gasteiger partial charge on any atom is -0.481 e. The molecule has 1 atom stereocenters. The minimum atomic E-state index is -0.588. The molecule has 0 saturated carbocycles. The van der Waals surface area contributed by atoms with Crippen molar-refractivity contribution in [3.63, 3.8) is 0 Å². The maximum absolute atomic E-state index is 12.2. The Bertz CT molecular complexity index is 847. The van der Waals surface area contributed by atoms with Gasteiger partial charge in [-0.05, 0) is 48.0 Å². The van der Waals surface area contributed by atoms with Crippen LogP contribution in [0.4, 0.5) is 5.69 Å². The molecule has 0 spiro atoms. The van der Waals surface area contributed by atoms with E-state index in [1.165, 1.54) is 0 Å². The van der Waals surface area contributed by atoms with Gasteiger partial charge < -0.3 is 10.1 Å². The molecule has 23 heavy (non-hydrogen) atoms. The number of rotatable bonds is 4. The molecule has 0 bridgehead atoms. The van der Waals surface area contributed by atoms with Crippen molar-refractivity contribution < 1.29 is 9.53 Å². The Kier molecular flexibility index (Phi) is 4.63. The molecule has 0 unspecified atom stereocenters. The van der Waals surface area contributed by atoms with Gasteiger partial charge >= 0.3 is 0 Å². The molecule has 0 aliphatic carbocycles. The van der Waals surface area contributed by atoms with Gasteiger partial charge in [-0.2, -0.15) is 0 Å². The number of hydrogen-bond donors (Lipinski definition) is 1. The van der Waals surface area contributed by atoms with E-state index in [0.717, 1.165) is 20.9 Å². The number of anilines is 1. The zero-order chi connectivity index (χ0) is 16.2. The number of nitrogens with one attached hydrogen (secondary N) is 1. The van der Waals surface area contributed by atoms with Crippen molar-refractivity contribution in [1.82, 2.24) is 0 Å². The standard InChI is InChI=1S/C19H16BrNO2/c1-13(19(22)21-17-8-4-7-16(20)12-17)23-18-10-9-14-5-2-3-6-15(14)11-18/h2-13H,1H3,(H,21,22)/t13-/m1/s1. The number of fused-ring (bicyclic) bond motifs is 1. The second kappa shape index (κ2) is 6.84. The van der Waals surface area contributed by atoms with E-state index in [9.17, 15) is 4.79 Å². The molecule has 0 aromatic heterocycles. The molecule has 3 aromatic rings. The van der Waals surface area contributed by atoms with Crippen molar-refractivity contribution in [2.75, 3.05) is 5.32 Å². The lowest BCUT2D eigenvalue weighted by atomic mass is 10.1. The molecule has 1 amide bonds. The summed E-state index contributed by atoms with van der Waals surface area (Å²) in [6.07, 6.45) is -0.588. The fraction of sp³-hybridized carbons (Fsp3) is 0.105. The van der Waals surface area contributed by atoms with E-state index in [1.807, 2.05) is 66.7 Å². The second-order valence-electron chi connectivity index (χ2n) is 5.27. The molecule has 0 aliphatic heterocycles. The van der Waals surface area contributed by atoms with Crippen LogP contribution >= 0.6 is 15.9 Å². The summed E-state index contributed by atoms with van der Waals surface area (Å²) in [6.45, 7) is 1.74. The van der Waals surface area contributed by atoms with Gasteiger partial charge in [0.15, 0.2) is 6.10 Å². The molecule has 0 aliphatic rings. The van der Waals surface area contributed by atoms with Crippen molar-refractivity contribution in [3.8, 4) is 5.75 Å². The Morgan fingerprint density at radius 2 is 1.78 bits per heavy atom. The fourth-order valence-electron chi connectivity index (χ4n) is 2.31. The molecule has 0 fully saturated rings. The molecule has 1 N–H and O–H groups in total. The summed E-state index contributed by atoms with van der Waals surface area (Å²) in [7, 11) is 0. The number of halogens is 1. The number of amides is 1. The van der Waals surface area contributed by atoms with Crippen LogP contribution in [-0.2, 0) is 4.79 Å². The van der Waals surface area contributed by atoms with E-state index in [1.54, 1.807) is 6.92 Å². The number of hydrogen-bond acceptors (Lipinski definition) is 2. The predicted molar refractivity (Wildman–Crippen MR) is 96.8 cm³/mol. The van der Waals surface area contributed by atoms with Gasteiger partial charge in [-0.15, -0.1) is 0 Å². The summed E-state index contributed by atoms with van der Waals surface area (Å²) in [4.78, 5) is 12.2. The van der Waals surface area contributed by atoms with Gasteiger partial charge in [0.2, 0.25) is 0 Å². The highest BCUT2D eigenvalue weighted by Crippen LogP contribution is 2.22. The summed E-state index contributed by atoms with van der Waals surface area (Å²) >= 11 is 3.38. The molecule has 0 saturated heterocycles. The topological polar surface area (TPSA) is 38.3 Å². The highest BCUT2D eigenvalue weighted by atomic mass is 79.9.